The van der Waals surface area contributed by atoms with E-state index in [1.807, 2.05) is 30.3 Å². The van der Waals surface area contributed by atoms with Crippen LogP contribution in [0.5, 0.6) is 0 Å². The number of carbonyl (C=O) groups is 1. The Labute approximate surface area is 192 Å². The Morgan fingerprint density at radius 3 is 2.28 bits per heavy atom. The summed E-state index contributed by atoms with van der Waals surface area (Å²) >= 11 is 0. The number of benzene rings is 2. The van der Waals surface area contributed by atoms with Crippen molar-refractivity contribution in [2.24, 2.45) is 16.7 Å². The van der Waals surface area contributed by atoms with Crippen molar-refractivity contribution in [3.63, 3.8) is 0 Å². The molecule has 0 N–H and O–H groups in total. The lowest BCUT2D eigenvalue weighted by atomic mass is 9.64. The molecule has 0 aromatic heterocycles. The maximum Gasteiger partial charge on any atom is 0.335 e. The molecule has 0 heterocycles. The predicted octanol–water partition coefficient (Wildman–Crippen LogP) is 6.78. The van der Waals surface area contributed by atoms with Crippen LogP contribution in [0.15, 0.2) is 83.6 Å². The van der Waals surface area contributed by atoms with Crippen LogP contribution in [0.2, 0.25) is 0 Å². The van der Waals surface area contributed by atoms with Gasteiger partial charge in [-0.3, -0.25) is 0 Å². The topological polar surface area (TPSA) is 29.5 Å². The molecule has 3 nitrogen and oxygen atoms in total. The van der Waals surface area contributed by atoms with E-state index in [1.54, 1.807) is 6.08 Å². The number of anilines is 1. The molecule has 0 spiro atoms. The number of nitrogens with zero attached hydrogens (tertiary/aromatic N) is 1. The Hall–Kier alpha value is -3.07. The van der Waals surface area contributed by atoms with Gasteiger partial charge in [0.25, 0.3) is 0 Å². The van der Waals surface area contributed by atoms with Gasteiger partial charge in [-0.15, -0.1) is 0 Å². The van der Waals surface area contributed by atoms with E-state index in [2.05, 4.69) is 77.4 Å². The van der Waals surface area contributed by atoms with E-state index in [0.29, 0.717) is 0 Å². The Balaban J connectivity index is 1.64. The van der Waals surface area contributed by atoms with Crippen molar-refractivity contribution in [1.82, 2.24) is 0 Å². The molecule has 0 aliphatic heterocycles. The first kappa shape index (κ1) is 22.1. The minimum absolute atomic E-state index is 0.112. The van der Waals surface area contributed by atoms with Gasteiger partial charge in [-0.25, -0.2) is 4.79 Å². The van der Waals surface area contributed by atoms with Gasteiger partial charge in [0.15, 0.2) is 0 Å². The van der Waals surface area contributed by atoms with E-state index < -0.39 is 0 Å². The molecular weight excluding hydrogens is 394 g/mol. The molecule has 2 aliphatic rings. The number of carbonyl (C=O) groups excluding carboxylic acids is 1. The summed E-state index contributed by atoms with van der Waals surface area (Å²) in [5.74, 6) is -0.0266. The van der Waals surface area contributed by atoms with Crippen LogP contribution in [0.4, 0.5) is 5.69 Å². The van der Waals surface area contributed by atoms with Crippen molar-refractivity contribution >= 4 is 17.7 Å². The molecule has 3 heteroatoms. The number of para-hydroxylation sites is 1. The van der Waals surface area contributed by atoms with Crippen LogP contribution in [0.1, 0.15) is 45.7 Å². The lowest BCUT2D eigenvalue weighted by molar-refractivity contribution is -0.141. The zero-order valence-electron chi connectivity index (χ0n) is 20.0. The second-order valence-electron chi connectivity index (χ2n) is 9.76. The Kier molecular flexibility index (Phi) is 5.40. The molecule has 166 valence electrons. The van der Waals surface area contributed by atoms with Crippen LogP contribution >= 0.6 is 0 Å². The molecule has 2 aliphatic carbocycles. The molecule has 2 aromatic carbocycles. The van der Waals surface area contributed by atoms with E-state index in [1.165, 1.54) is 11.3 Å². The molecule has 0 saturated heterocycles. The average Bonchev–Trinajstić information content (AvgIpc) is 3.05. The minimum atomic E-state index is -0.371. The lowest BCUT2D eigenvalue weighted by Gasteiger charge is -2.38. The smallest absolute Gasteiger partial charge is 0.335 e. The van der Waals surface area contributed by atoms with Crippen molar-refractivity contribution in [3.8, 4) is 0 Å². The molecule has 4 rings (SSSR count). The summed E-state index contributed by atoms with van der Waals surface area (Å²) in [6.45, 7) is 15.1. The third-order valence-electron chi connectivity index (χ3n) is 8.04. The molecule has 2 atom stereocenters. The Morgan fingerprint density at radius 2 is 1.69 bits per heavy atom. The van der Waals surface area contributed by atoms with Crippen LogP contribution in [0.3, 0.4) is 0 Å². The normalized spacial score (nSPS) is 23.5. The van der Waals surface area contributed by atoms with Crippen molar-refractivity contribution in [3.05, 3.63) is 94.7 Å². The molecule has 0 saturated carbocycles. The monoisotopic (exact) mass is 427 g/mol. The summed E-state index contributed by atoms with van der Waals surface area (Å²) in [6.07, 6.45) is 1.81. The first-order valence-corrected chi connectivity index (χ1v) is 11.2. The standard InChI is InChI=1S/C29H33NO2/c1-8-21-14-16-22(17-15-21)18-32-27(31)25-19(2)24-26(20(3)29(25,6)28(24,4)5)30(7)23-12-10-9-11-13-23/h8-17,24H,1,18H2,2-7H3/t24-,29+/m1/s1. The van der Waals surface area contributed by atoms with Crippen molar-refractivity contribution < 1.29 is 9.53 Å². The fourth-order valence-corrected chi connectivity index (χ4v) is 5.95. The summed E-state index contributed by atoms with van der Waals surface area (Å²) < 4.78 is 5.84. The van der Waals surface area contributed by atoms with Crippen LogP contribution < -0.4 is 4.90 Å². The summed E-state index contributed by atoms with van der Waals surface area (Å²) in [7, 11) is 2.13. The SMILES string of the molecule is C=Cc1ccc(COC(=O)C2=C(C)[C@@H]3C(N(C)c4ccccc4)=C(C)[C@]2(C)C3(C)C)cc1. The average molecular weight is 428 g/mol. The van der Waals surface area contributed by atoms with Gasteiger partial charge in [0, 0.05) is 35.3 Å². The highest BCUT2D eigenvalue weighted by molar-refractivity contribution is 5.94. The molecular formula is C29H33NO2. The van der Waals surface area contributed by atoms with E-state index in [0.717, 1.165) is 28.0 Å². The highest BCUT2D eigenvalue weighted by atomic mass is 16.5. The molecule has 0 radical (unpaired) electrons. The summed E-state index contributed by atoms with van der Waals surface area (Å²) in [5, 5.41) is 0. The summed E-state index contributed by atoms with van der Waals surface area (Å²) in [6, 6.07) is 18.4. The number of hydrogen-bond donors (Lipinski definition) is 0. The van der Waals surface area contributed by atoms with Gasteiger partial charge < -0.3 is 9.64 Å². The Morgan fingerprint density at radius 1 is 1.06 bits per heavy atom. The van der Waals surface area contributed by atoms with Gasteiger partial charge in [-0.05, 0) is 48.1 Å². The zero-order valence-corrected chi connectivity index (χ0v) is 20.0. The number of fused-ring (bicyclic) bond motifs is 2. The second-order valence-corrected chi connectivity index (χ2v) is 9.76. The van der Waals surface area contributed by atoms with Gasteiger partial charge >= 0.3 is 5.97 Å². The number of ether oxygens (including phenoxy) is 1. The maximum atomic E-state index is 13.4. The largest absolute Gasteiger partial charge is 0.457 e. The fourth-order valence-electron chi connectivity index (χ4n) is 5.95. The number of rotatable bonds is 6. The number of hydrogen-bond acceptors (Lipinski definition) is 3. The quantitative estimate of drug-likeness (QED) is 0.476. The highest BCUT2D eigenvalue weighted by Gasteiger charge is 2.65. The van der Waals surface area contributed by atoms with Gasteiger partial charge in [0.1, 0.15) is 6.61 Å². The zero-order chi connectivity index (χ0) is 23.3. The molecule has 32 heavy (non-hydrogen) atoms. The van der Waals surface area contributed by atoms with Crippen LogP contribution in [-0.4, -0.2) is 13.0 Å². The second kappa shape index (κ2) is 7.81. The van der Waals surface area contributed by atoms with E-state index in [4.69, 9.17) is 4.74 Å². The first-order chi connectivity index (χ1) is 15.1. The summed E-state index contributed by atoms with van der Waals surface area (Å²) in [4.78, 5) is 15.7. The number of allylic oxidation sites excluding steroid dienone is 2. The van der Waals surface area contributed by atoms with Crippen LogP contribution in [-0.2, 0) is 16.1 Å². The van der Waals surface area contributed by atoms with Gasteiger partial charge in [-0.2, -0.15) is 0 Å². The minimum Gasteiger partial charge on any atom is -0.457 e. The first-order valence-electron chi connectivity index (χ1n) is 11.2. The third-order valence-corrected chi connectivity index (χ3v) is 8.04. The molecule has 0 unspecified atom stereocenters. The Bertz CT molecular complexity index is 1120. The van der Waals surface area contributed by atoms with E-state index in [-0.39, 0.29) is 29.3 Å². The van der Waals surface area contributed by atoms with E-state index in [9.17, 15) is 4.79 Å². The van der Waals surface area contributed by atoms with Crippen LogP contribution in [0, 0.1) is 16.7 Å². The maximum absolute atomic E-state index is 13.4. The highest BCUT2D eigenvalue weighted by Crippen LogP contribution is 2.70. The van der Waals surface area contributed by atoms with E-state index >= 15 is 0 Å². The molecule has 2 bridgehead atoms. The number of esters is 1. The third kappa shape index (κ3) is 3.06. The lowest BCUT2D eigenvalue weighted by Crippen LogP contribution is -2.35. The fraction of sp³-hybridized carbons (Fsp3) is 0.345. The van der Waals surface area contributed by atoms with Gasteiger partial charge in [0.05, 0.1) is 0 Å². The van der Waals surface area contributed by atoms with Crippen molar-refractivity contribution in [2.45, 2.75) is 41.2 Å². The molecule has 0 amide bonds. The van der Waals surface area contributed by atoms with Gasteiger partial charge in [0.2, 0.25) is 0 Å². The molecule has 0 fully saturated rings. The van der Waals surface area contributed by atoms with Crippen molar-refractivity contribution in [2.75, 3.05) is 11.9 Å². The predicted molar refractivity (Wildman–Crippen MR) is 132 cm³/mol. The summed E-state index contributed by atoms with van der Waals surface area (Å²) in [5.41, 5.74) is 7.23. The van der Waals surface area contributed by atoms with Crippen molar-refractivity contribution in [1.29, 1.82) is 0 Å². The molecule has 2 aromatic rings. The van der Waals surface area contributed by atoms with Gasteiger partial charge in [-0.1, -0.05) is 81.5 Å². The van der Waals surface area contributed by atoms with Crippen LogP contribution in [0.25, 0.3) is 6.08 Å².